The number of allylic oxidation sites excluding steroid dienone is 8. The summed E-state index contributed by atoms with van der Waals surface area (Å²) in [5.74, 6) is 0. The summed E-state index contributed by atoms with van der Waals surface area (Å²) in [7, 11) is 9.13. The van der Waals surface area contributed by atoms with Crippen molar-refractivity contribution in [3.05, 3.63) is 60.9 Å². The maximum absolute atomic E-state index is 3.66. The lowest BCUT2D eigenvalue weighted by molar-refractivity contribution is -0.926. The third-order valence-corrected chi connectivity index (χ3v) is 3.75. The fourth-order valence-corrected chi connectivity index (χ4v) is 2.40. The first-order valence-corrected chi connectivity index (χ1v) is 8.23. The third kappa shape index (κ3) is 8.81. The average Bonchev–Trinajstić information content (AvgIpc) is 2.44. The standard InChI is InChI=1S/C20H36N2/c1-8-11-12-13-14-15-16-20(10-3)22(7,17-9-2)19-18-21(4,5)6/h8,10-16H,1,9,17-19H2,2-7H3/q+2/b12-11-,14-13-,16-15-,20-10+. The van der Waals surface area contributed by atoms with E-state index in [9.17, 15) is 0 Å². The van der Waals surface area contributed by atoms with Gasteiger partial charge in [-0.15, -0.1) is 0 Å². The van der Waals surface area contributed by atoms with Crippen LogP contribution in [0.15, 0.2) is 60.9 Å². The van der Waals surface area contributed by atoms with Crippen LogP contribution >= 0.6 is 0 Å². The average molecular weight is 305 g/mol. The molecule has 124 valence electrons. The Bertz CT molecular complexity index is 433. The molecule has 0 aliphatic heterocycles. The van der Waals surface area contributed by atoms with Crippen molar-refractivity contribution in [2.45, 2.75) is 20.3 Å². The van der Waals surface area contributed by atoms with Crippen molar-refractivity contribution < 1.29 is 8.97 Å². The van der Waals surface area contributed by atoms with E-state index in [2.05, 4.69) is 72.9 Å². The van der Waals surface area contributed by atoms with Gasteiger partial charge in [0.25, 0.3) is 0 Å². The quantitative estimate of drug-likeness (QED) is 0.417. The van der Waals surface area contributed by atoms with Crippen LogP contribution in [-0.2, 0) is 0 Å². The van der Waals surface area contributed by atoms with Crippen molar-refractivity contribution in [3.63, 3.8) is 0 Å². The third-order valence-electron chi connectivity index (χ3n) is 3.75. The van der Waals surface area contributed by atoms with Gasteiger partial charge in [0, 0.05) is 0 Å². The summed E-state index contributed by atoms with van der Waals surface area (Å²) in [6.07, 6.45) is 17.6. The monoisotopic (exact) mass is 304 g/mol. The molecular formula is C20H36N2+2. The molecule has 0 fully saturated rings. The molecule has 2 nitrogen and oxygen atoms in total. The van der Waals surface area contributed by atoms with Gasteiger partial charge in [0.2, 0.25) is 0 Å². The van der Waals surface area contributed by atoms with Gasteiger partial charge in [0.15, 0.2) is 0 Å². The zero-order valence-electron chi connectivity index (χ0n) is 15.5. The Labute approximate surface area is 138 Å². The Kier molecular flexibility index (Phi) is 9.71. The molecule has 0 aromatic carbocycles. The first-order chi connectivity index (χ1) is 10.3. The van der Waals surface area contributed by atoms with E-state index < -0.39 is 0 Å². The van der Waals surface area contributed by atoms with E-state index in [1.165, 1.54) is 25.2 Å². The normalized spacial score (nSPS) is 16.7. The van der Waals surface area contributed by atoms with Gasteiger partial charge in [-0.2, -0.15) is 0 Å². The van der Waals surface area contributed by atoms with Crippen LogP contribution in [0.1, 0.15) is 20.3 Å². The summed E-state index contributed by atoms with van der Waals surface area (Å²) in [4.78, 5) is 0. The Hall–Kier alpha value is -1.38. The molecule has 0 saturated heterocycles. The van der Waals surface area contributed by atoms with Crippen LogP contribution in [0.4, 0.5) is 0 Å². The summed E-state index contributed by atoms with van der Waals surface area (Å²) in [5.41, 5.74) is 1.38. The van der Waals surface area contributed by atoms with Crippen molar-refractivity contribution in [1.29, 1.82) is 0 Å². The van der Waals surface area contributed by atoms with E-state index >= 15 is 0 Å². The Balaban J connectivity index is 5.01. The van der Waals surface area contributed by atoms with Gasteiger partial charge in [-0.3, -0.25) is 4.48 Å². The number of rotatable bonds is 10. The fourth-order valence-electron chi connectivity index (χ4n) is 2.40. The number of likely N-dealkylation sites (N-methyl/N-ethyl adjacent to an activating group) is 2. The van der Waals surface area contributed by atoms with Gasteiger partial charge in [0.1, 0.15) is 18.8 Å². The van der Waals surface area contributed by atoms with Gasteiger partial charge in [-0.05, 0) is 25.5 Å². The highest BCUT2D eigenvalue weighted by Gasteiger charge is 2.27. The maximum Gasteiger partial charge on any atom is 0.133 e. The van der Waals surface area contributed by atoms with Crippen molar-refractivity contribution in [2.24, 2.45) is 0 Å². The minimum Gasteiger partial charge on any atom is -0.326 e. The highest BCUT2D eigenvalue weighted by Crippen LogP contribution is 2.18. The second-order valence-electron chi connectivity index (χ2n) is 6.94. The van der Waals surface area contributed by atoms with Crippen LogP contribution in [0, 0.1) is 0 Å². The second kappa shape index (κ2) is 10.4. The molecule has 0 heterocycles. The molecule has 2 heteroatoms. The van der Waals surface area contributed by atoms with Crippen LogP contribution in [0.25, 0.3) is 0 Å². The number of hydrogen-bond donors (Lipinski definition) is 0. The van der Waals surface area contributed by atoms with Crippen molar-refractivity contribution in [1.82, 2.24) is 0 Å². The Morgan fingerprint density at radius 1 is 0.864 bits per heavy atom. The van der Waals surface area contributed by atoms with E-state index in [4.69, 9.17) is 0 Å². The van der Waals surface area contributed by atoms with Crippen LogP contribution < -0.4 is 0 Å². The van der Waals surface area contributed by atoms with Gasteiger partial charge in [-0.25, -0.2) is 0 Å². The molecule has 0 aliphatic rings. The molecule has 22 heavy (non-hydrogen) atoms. The highest BCUT2D eigenvalue weighted by molar-refractivity contribution is 5.20. The summed E-state index contributed by atoms with van der Waals surface area (Å²) in [6, 6.07) is 0. The topological polar surface area (TPSA) is 0 Å². The highest BCUT2D eigenvalue weighted by atomic mass is 15.4. The van der Waals surface area contributed by atoms with Gasteiger partial charge >= 0.3 is 0 Å². The Morgan fingerprint density at radius 2 is 1.45 bits per heavy atom. The number of hydrogen-bond acceptors (Lipinski definition) is 0. The molecule has 0 N–H and O–H groups in total. The lowest BCUT2D eigenvalue weighted by Gasteiger charge is -2.37. The molecule has 0 aliphatic carbocycles. The van der Waals surface area contributed by atoms with Gasteiger partial charge < -0.3 is 4.48 Å². The van der Waals surface area contributed by atoms with Crippen LogP contribution in [0.3, 0.4) is 0 Å². The van der Waals surface area contributed by atoms with E-state index in [-0.39, 0.29) is 0 Å². The summed E-state index contributed by atoms with van der Waals surface area (Å²) in [6.45, 7) is 11.6. The van der Waals surface area contributed by atoms with Crippen molar-refractivity contribution in [3.8, 4) is 0 Å². The Morgan fingerprint density at radius 3 is 1.95 bits per heavy atom. The summed E-state index contributed by atoms with van der Waals surface area (Å²) in [5, 5.41) is 0. The number of nitrogens with zero attached hydrogens (tertiary/aromatic N) is 2. The minimum atomic E-state index is 0.995. The molecule has 0 rings (SSSR count). The fraction of sp³-hybridized carbons (Fsp3) is 0.500. The maximum atomic E-state index is 3.66. The van der Waals surface area contributed by atoms with E-state index in [1.807, 2.05) is 18.2 Å². The first kappa shape index (κ1) is 20.6. The van der Waals surface area contributed by atoms with Crippen molar-refractivity contribution in [2.75, 3.05) is 47.8 Å². The molecule has 0 saturated carbocycles. The van der Waals surface area contributed by atoms with Gasteiger partial charge in [-0.1, -0.05) is 50.0 Å². The SMILES string of the molecule is C=C\C=C/C=C\C=C/C(=C\C)[N+](C)(CCC)CC[N+](C)(C)C. The molecule has 0 bridgehead atoms. The van der Waals surface area contributed by atoms with Crippen LogP contribution in [0.5, 0.6) is 0 Å². The molecule has 0 aromatic heterocycles. The van der Waals surface area contributed by atoms with Crippen LogP contribution in [-0.4, -0.2) is 56.8 Å². The molecule has 0 spiro atoms. The lowest BCUT2D eigenvalue weighted by Crippen LogP contribution is -2.50. The molecule has 1 unspecified atom stereocenters. The molecule has 0 radical (unpaired) electrons. The van der Waals surface area contributed by atoms with Crippen LogP contribution in [0.2, 0.25) is 0 Å². The predicted molar refractivity (Wildman–Crippen MR) is 100 cm³/mol. The lowest BCUT2D eigenvalue weighted by atomic mass is 10.2. The predicted octanol–water partition coefficient (Wildman–Crippen LogP) is 4.31. The zero-order chi connectivity index (χ0) is 17.1. The smallest absolute Gasteiger partial charge is 0.133 e. The molecule has 1 atom stereocenters. The molecular weight excluding hydrogens is 268 g/mol. The van der Waals surface area contributed by atoms with E-state index in [0.717, 1.165) is 15.5 Å². The van der Waals surface area contributed by atoms with Gasteiger partial charge in [0.05, 0.1) is 34.7 Å². The minimum absolute atomic E-state index is 0.995. The summed E-state index contributed by atoms with van der Waals surface area (Å²) < 4.78 is 2.00. The van der Waals surface area contributed by atoms with E-state index in [1.54, 1.807) is 6.08 Å². The largest absolute Gasteiger partial charge is 0.326 e. The molecule has 0 aromatic rings. The second-order valence-corrected chi connectivity index (χ2v) is 6.94. The van der Waals surface area contributed by atoms with E-state index in [0.29, 0.717) is 0 Å². The van der Waals surface area contributed by atoms with Crippen molar-refractivity contribution >= 4 is 0 Å². The molecule has 0 amide bonds. The number of quaternary nitrogens is 2. The summed E-state index contributed by atoms with van der Waals surface area (Å²) >= 11 is 0. The first-order valence-electron chi connectivity index (χ1n) is 8.23. The zero-order valence-corrected chi connectivity index (χ0v) is 15.5.